The van der Waals surface area contributed by atoms with Crippen LogP contribution in [0.4, 0.5) is 5.82 Å². The number of rotatable bonds is 4. The Labute approximate surface area is 166 Å². The molecule has 1 unspecified atom stereocenters. The van der Waals surface area contributed by atoms with E-state index in [1.807, 2.05) is 6.07 Å². The summed E-state index contributed by atoms with van der Waals surface area (Å²) in [7, 11) is 0. The molecule has 4 rings (SSSR count). The summed E-state index contributed by atoms with van der Waals surface area (Å²) in [5, 5.41) is 4.12. The summed E-state index contributed by atoms with van der Waals surface area (Å²) in [6.45, 7) is 1.83. The third-order valence-corrected chi connectivity index (χ3v) is 5.35. The zero-order valence-electron chi connectivity index (χ0n) is 14.5. The van der Waals surface area contributed by atoms with E-state index in [0.29, 0.717) is 28.8 Å². The van der Waals surface area contributed by atoms with Crippen LogP contribution >= 0.6 is 23.2 Å². The fourth-order valence-electron chi connectivity index (χ4n) is 3.37. The number of halogens is 2. The number of imidazole rings is 1. The Morgan fingerprint density at radius 1 is 1.30 bits per heavy atom. The molecule has 3 aromatic rings. The molecule has 140 valence electrons. The maximum absolute atomic E-state index is 12.7. The van der Waals surface area contributed by atoms with Crippen LogP contribution in [0.15, 0.2) is 30.9 Å². The molecule has 1 aliphatic heterocycles. The fraction of sp³-hybridized carbons (Fsp3) is 0.333. The number of benzene rings is 1. The minimum absolute atomic E-state index is 0.0145. The van der Waals surface area contributed by atoms with E-state index in [4.69, 9.17) is 23.2 Å². The van der Waals surface area contributed by atoms with E-state index in [-0.39, 0.29) is 11.8 Å². The van der Waals surface area contributed by atoms with Gasteiger partial charge in [-0.15, -0.1) is 0 Å². The molecule has 0 radical (unpaired) electrons. The van der Waals surface area contributed by atoms with Gasteiger partial charge < -0.3 is 15.2 Å². The summed E-state index contributed by atoms with van der Waals surface area (Å²) in [5.41, 5.74) is 2.27. The normalized spacial score (nSPS) is 17.3. The van der Waals surface area contributed by atoms with Gasteiger partial charge in [-0.1, -0.05) is 29.3 Å². The summed E-state index contributed by atoms with van der Waals surface area (Å²) in [4.78, 5) is 30.6. The highest BCUT2D eigenvalue weighted by Crippen LogP contribution is 2.26. The Morgan fingerprint density at radius 3 is 3.04 bits per heavy atom. The number of amides is 1. The van der Waals surface area contributed by atoms with Crippen molar-refractivity contribution in [3.05, 3.63) is 46.5 Å². The number of carbonyl (C=O) groups excluding carboxylic acids is 1. The minimum atomic E-state index is -0.113. The van der Waals surface area contributed by atoms with Crippen molar-refractivity contribution in [1.82, 2.24) is 25.3 Å². The predicted molar refractivity (Wildman–Crippen MR) is 105 cm³/mol. The van der Waals surface area contributed by atoms with Gasteiger partial charge in [0.05, 0.1) is 12.2 Å². The van der Waals surface area contributed by atoms with Gasteiger partial charge in [0.15, 0.2) is 11.5 Å². The number of carbonyl (C=O) groups is 1. The van der Waals surface area contributed by atoms with Gasteiger partial charge in [0.2, 0.25) is 5.91 Å². The van der Waals surface area contributed by atoms with Gasteiger partial charge in [0, 0.05) is 29.7 Å². The Morgan fingerprint density at radius 2 is 2.19 bits per heavy atom. The van der Waals surface area contributed by atoms with E-state index in [2.05, 4.69) is 30.2 Å². The summed E-state index contributed by atoms with van der Waals surface area (Å²) in [5.74, 6) is 0.689. The van der Waals surface area contributed by atoms with Crippen LogP contribution in [0.5, 0.6) is 0 Å². The van der Waals surface area contributed by atoms with Crippen molar-refractivity contribution in [2.45, 2.75) is 19.4 Å². The molecule has 1 aromatic carbocycles. The van der Waals surface area contributed by atoms with Crippen molar-refractivity contribution < 1.29 is 4.79 Å². The molecule has 0 saturated carbocycles. The summed E-state index contributed by atoms with van der Waals surface area (Å²) < 4.78 is 0. The molecule has 3 heterocycles. The number of nitrogens with one attached hydrogen (secondary N) is 2. The van der Waals surface area contributed by atoms with Crippen LogP contribution in [0.3, 0.4) is 0 Å². The maximum Gasteiger partial charge on any atom is 0.225 e. The monoisotopic (exact) mass is 404 g/mol. The number of piperidine rings is 1. The number of hydrogen-bond donors (Lipinski definition) is 2. The molecule has 9 heteroatoms. The summed E-state index contributed by atoms with van der Waals surface area (Å²) in [6, 6.07) is 5.27. The van der Waals surface area contributed by atoms with E-state index in [9.17, 15) is 4.79 Å². The number of aromatic amines is 1. The molecular weight excluding hydrogens is 387 g/mol. The first-order valence-corrected chi connectivity index (χ1v) is 9.48. The SMILES string of the molecule is O=C(NCc1ccc(Cl)cc1Cl)C1CCCN(c2ncnc3nc[nH]c23)C1. The second-order valence-corrected chi connectivity index (χ2v) is 7.38. The molecule has 1 atom stereocenters. The molecular formula is C18H18Cl2N6O. The second-order valence-electron chi connectivity index (χ2n) is 6.54. The molecule has 0 bridgehead atoms. The lowest BCUT2D eigenvalue weighted by Crippen LogP contribution is -2.43. The van der Waals surface area contributed by atoms with Crippen molar-refractivity contribution in [3.8, 4) is 0 Å². The number of hydrogen-bond acceptors (Lipinski definition) is 5. The molecule has 1 saturated heterocycles. The molecule has 1 fully saturated rings. The largest absolute Gasteiger partial charge is 0.354 e. The number of nitrogens with zero attached hydrogens (tertiary/aromatic N) is 4. The Hall–Kier alpha value is -2.38. The third kappa shape index (κ3) is 3.84. The van der Waals surface area contributed by atoms with E-state index < -0.39 is 0 Å². The van der Waals surface area contributed by atoms with Crippen LogP contribution in [0, 0.1) is 5.92 Å². The first-order valence-electron chi connectivity index (χ1n) is 8.72. The van der Waals surface area contributed by atoms with E-state index in [0.717, 1.165) is 36.3 Å². The van der Waals surface area contributed by atoms with Crippen LogP contribution in [-0.2, 0) is 11.3 Å². The van der Waals surface area contributed by atoms with E-state index in [1.165, 1.54) is 6.33 Å². The Balaban J connectivity index is 1.43. The lowest BCUT2D eigenvalue weighted by molar-refractivity contribution is -0.125. The molecule has 27 heavy (non-hydrogen) atoms. The van der Waals surface area contributed by atoms with Crippen molar-refractivity contribution in [1.29, 1.82) is 0 Å². The molecule has 2 aromatic heterocycles. The van der Waals surface area contributed by atoms with Gasteiger partial charge in [-0.3, -0.25) is 4.79 Å². The molecule has 0 aliphatic carbocycles. The summed E-state index contributed by atoms with van der Waals surface area (Å²) in [6.07, 6.45) is 4.87. The quantitative estimate of drug-likeness (QED) is 0.696. The van der Waals surface area contributed by atoms with E-state index in [1.54, 1.807) is 18.5 Å². The van der Waals surface area contributed by atoms with Crippen molar-refractivity contribution in [2.24, 2.45) is 5.92 Å². The first kappa shape index (κ1) is 18.0. The highest BCUT2D eigenvalue weighted by molar-refractivity contribution is 6.35. The van der Waals surface area contributed by atoms with Gasteiger partial charge in [0.25, 0.3) is 0 Å². The number of fused-ring (bicyclic) bond motifs is 1. The third-order valence-electron chi connectivity index (χ3n) is 4.76. The zero-order valence-corrected chi connectivity index (χ0v) is 16.0. The fourth-order valence-corrected chi connectivity index (χ4v) is 3.84. The number of H-pyrrole nitrogens is 1. The maximum atomic E-state index is 12.7. The summed E-state index contributed by atoms with van der Waals surface area (Å²) >= 11 is 12.1. The van der Waals surface area contributed by atoms with Crippen LogP contribution in [0.1, 0.15) is 18.4 Å². The lowest BCUT2D eigenvalue weighted by atomic mass is 9.97. The van der Waals surface area contributed by atoms with Crippen LogP contribution < -0.4 is 10.2 Å². The zero-order chi connectivity index (χ0) is 18.8. The number of anilines is 1. The van der Waals surface area contributed by atoms with E-state index >= 15 is 0 Å². The van der Waals surface area contributed by atoms with Gasteiger partial charge in [-0.25, -0.2) is 15.0 Å². The molecule has 2 N–H and O–H groups in total. The Bertz CT molecular complexity index is 975. The predicted octanol–water partition coefficient (Wildman–Crippen LogP) is 3.19. The molecule has 1 amide bonds. The Kier molecular flexibility index (Phi) is 5.13. The first-order chi connectivity index (χ1) is 13.1. The van der Waals surface area contributed by atoms with Gasteiger partial charge in [-0.05, 0) is 30.5 Å². The molecule has 1 aliphatic rings. The standard InChI is InChI=1S/C18H18Cl2N6O/c19-13-4-3-11(14(20)6-13)7-21-18(27)12-2-1-5-26(8-12)17-15-16(23-9-22-15)24-10-25-17/h3-4,6,9-10,12H,1-2,5,7-8H2,(H,21,27)(H,22,23,24,25). The van der Waals surface area contributed by atoms with Crippen molar-refractivity contribution in [3.63, 3.8) is 0 Å². The molecule has 0 spiro atoms. The van der Waals surface area contributed by atoms with Gasteiger partial charge in [0.1, 0.15) is 11.8 Å². The number of aromatic nitrogens is 4. The van der Waals surface area contributed by atoms with Gasteiger partial charge in [-0.2, -0.15) is 0 Å². The smallest absolute Gasteiger partial charge is 0.225 e. The second kappa shape index (κ2) is 7.70. The van der Waals surface area contributed by atoms with Crippen molar-refractivity contribution >= 4 is 46.1 Å². The average molecular weight is 405 g/mol. The average Bonchev–Trinajstić information content (AvgIpc) is 3.16. The highest BCUT2D eigenvalue weighted by Gasteiger charge is 2.27. The van der Waals surface area contributed by atoms with Gasteiger partial charge >= 0.3 is 0 Å². The van der Waals surface area contributed by atoms with Crippen LogP contribution in [-0.4, -0.2) is 38.9 Å². The van der Waals surface area contributed by atoms with Crippen LogP contribution in [0.25, 0.3) is 11.2 Å². The van der Waals surface area contributed by atoms with Crippen LogP contribution in [0.2, 0.25) is 10.0 Å². The highest BCUT2D eigenvalue weighted by atomic mass is 35.5. The van der Waals surface area contributed by atoms with Crippen molar-refractivity contribution in [2.75, 3.05) is 18.0 Å². The minimum Gasteiger partial charge on any atom is -0.354 e. The topological polar surface area (TPSA) is 86.8 Å². The molecule has 7 nitrogen and oxygen atoms in total. The lowest BCUT2D eigenvalue weighted by Gasteiger charge is -2.32.